The first-order chi connectivity index (χ1) is 11.8. The maximum Gasteiger partial charge on any atom is 0.406 e. The summed E-state index contributed by atoms with van der Waals surface area (Å²) in [6.07, 6.45) is -5.76. The molecule has 25 heavy (non-hydrogen) atoms. The minimum Gasteiger partial charge on any atom is -0.298 e. The molecule has 0 N–H and O–H groups in total. The van der Waals surface area contributed by atoms with Gasteiger partial charge in [0.2, 0.25) is 0 Å². The van der Waals surface area contributed by atoms with Crippen LogP contribution in [-0.4, -0.2) is 35.6 Å². The third-order valence-corrected chi connectivity index (χ3v) is 3.70. The Hall–Kier alpha value is -2.48. The van der Waals surface area contributed by atoms with E-state index in [4.69, 9.17) is 11.6 Å². The fraction of sp³-hybridized carbons (Fsp3) is 0.188. The minimum absolute atomic E-state index is 0.0383. The third-order valence-electron chi connectivity index (χ3n) is 3.46. The van der Waals surface area contributed by atoms with Gasteiger partial charge in [0.1, 0.15) is 6.54 Å². The number of fused-ring (bicyclic) bond motifs is 1. The van der Waals surface area contributed by atoms with Crippen LogP contribution >= 0.6 is 11.6 Å². The van der Waals surface area contributed by atoms with E-state index in [-0.39, 0.29) is 27.7 Å². The van der Waals surface area contributed by atoms with Gasteiger partial charge in [0, 0.05) is 16.8 Å². The zero-order valence-electron chi connectivity index (χ0n) is 12.5. The summed E-state index contributed by atoms with van der Waals surface area (Å²) in [5.41, 5.74) is 0.152. The second-order valence-corrected chi connectivity index (χ2v) is 5.67. The Morgan fingerprint density at radius 2 is 1.96 bits per heavy atom. The van der Waals surface area contributed by atoms with E-state index < -0.39 is 24.9 Å². The topological polar surface area (TPSA) is 45.6 Å². The summed E-state index contributed by atoms with van der Waals surface area (Å²) in [4.78, 5) is 20.2. The van der Waals surface area contributed by atoms with Crippen LogP contribution in [0.15, 0.2) is 47.6 Å². The number of carbonyl (C=O) groups is 1. The molecule has 0 saturated carbocycles. The molecule has 1 aromatic heterocycles. The van der Waals surface area contributed by atoms with Crippen LogP contribution in [0.1, 0.15) is 11.3 Å². The molecule has 1 aliphatic rings. The molecule has 0 fully saturated rings. The summed E-state index contributed by atoms with van der Waals surface area (Å²) in [5.74, 6) is -1.40. The minimum atomic E-state index is -4.71. The smallest absolute Gasteiger partial charge is 0.298 e. The van der Waals surface area contributed by atoms with E-state index in [1.807, 2.05) is 0 Å². The van der Waals surface area contributed by atoms with Crippen molar-refractivity contribution in [2.24, 2.45) is 4.99 Å². The maximum atomic E-state index is 14.3. The van der Waals surface area contributed by atoms with Crippen molar-refractivity contribution in [2.75, 3.05) is 11.4 Å². The molecule has 0 aliphatic carbocycles. The highest BCUT2D eigenvalue weighted by Crippen LogP contribution is 2.32. The Kier molecular flexibility index (Phi) is 4.47. The summed E-state index contributed by atoms with van der Waals surface area (Å²) in [7, 11) is 0. The second kappa shape index (κ2) is 6.44. The molecule has 2 aromatic rings. The lowest BCUT2D eigenvalue weighted by Crippen LogP contribution is -2.42. The fourth-order valence-corrected chi connectivity index (χ4v) is 2.64. The quantitative estimate of drug-likeness (QED) is 0.596. The monoisotopic (exact) mass is 371 g/mol. The number of benzene rings is 1. The number of aliphatic imine (C=N–C) groups is 1. The predicted octanol–water partition coefficient (Wildman–Crippen LogP) is 3.78. The molecule has 0 spiro atoms. The van der Waals surface area contributed by atoms with Gasteiger partial charge in [-0.1, -0.05) is 17.7 Å². The zero-order chi connectivity index (χ0) is 18.2. The van der Waals surface area contributed by atoms with Crippen LogP contribution in [-0.2, 0) is 4.79 Å². The van der Waals surface area contributed by atoms with Crippen molar-refractivity contribution in [3.63, 3.8) is 0 Å². The molecule has 1 aromatic carbocycles. The lowest BCUT2D eigenvalue weighted by Gasteiger charge is -2.24. The van der Waals surface area contributed by atoms with Gasteiger partial charge in [-0.05, 0) is 30.3 Å². The van der Waals surface area contributed by atoms with Crippen molar-refractivity contribution < 1.29 is 22.4 Å². The lowest BCUT2D eigenvalue weighted by atomic mass is 10.0. The molecule has 1 amide bonds. The molecule has 0 saturated heterocycles. The average molecular weight is 372 g/mol. The molecular weight excluding hydrogens is 362 g/mol. The highest BCUT2D eigenvalue weighted by atomic mass is 35.5. The zero-order valence-corrected chi connectivity index (χ0v) is 13.2. The number of anilines is 1. The SMILES string of the molecule is O=C1C(F)N=C(c2ccccn2)c2cc(Cl)ccc2N1CC(F)(F)F. The maximum absolute atomic E-state index is 14.3. The molecule has 1 aliphatic heterocycles. The van der Waals surface area contributed by atoms with E-state index in [0.29, 0.717) is 4.90 Å². The van der Waals surface area contributed by atoms with Crippen molar-refractivity contribution >= 4 is 28.9 Å². The molecule has 2 heterocycles. The van der Waals surface area contributed by atoms with E-state index in [1.165, 1.54) is 30.5 Å². The van der Waals surface area contributed by atoms with Crippen LogP contribution in [0, 0.1) is 0 Å². The molecule has 3 rings (SSSR count). The number of nitrogens with zero attached hydrogens (tertiary/aromatic N) is 3. The first-order valence-electron chi connectivity index (χ1n) is 7.07. The first-order valence-corrected chi connectivity index (χ1v) is 7.45. The summed E-state index contributed by atoms with van der Waals surface area (Å²) in [6.45, 7) is -1.63. The van der Waals surface area contributed by atoms with Crippen molar-refractivity contribution in [3.8, 4) is 0 Å². The molecule has 0 radical (unpaired) electrons. The van der Waals surface area contributed by atoms with Crippen LogP contribution in [0.4, 0.5) is 23.2 Å². The van der Waals surface area contributed by atoms with E-state index in [0.717, 1.165) is 0 Å². The van der Waals surface area contributed by atoms with Crippen LogP contribution in [0.25, 0.3) is 0 Å². The molecule has 1 atom stereocenters. The number of rotatable bonds is 2. The molecule has 9 heteroatoms. The van der Waals surface area contributed by atoms with Gasteiger partial charge in [-0.25, -0.2) is 9.38 Å². The van der Waals surface area contributed by atoms with E-state index in [1.54, 1.807) is 12.1 Å². The molecule has 1 unspecified atom stereocenters. The molecule has 4 nitrogen and oxygen atoms in total. The van der Waals surface area contributed by atoms with E-state index >= 15 is 0 Å². The van der Waals surface area contributed by atoms with Gasteiger partial charge in [-0.3, -0.25) is 14.7 Å². The highest BCUT2D eigenvalue weighted by molar-refractivity contribution is 6.32. The Bertz CT molecular complexity index is 839. The number of hydrogen-bond donors (Lipinski definition) is 0. The molecule has 130 valence electrons. The number of halogens is 5. The first kappa shape index (κ1) is 17.3. The summed E-state index contributed by atoms with van der Waals surface area (Å²) < 4.78 is 52.9. The largest absolute Gasteiger partial charge is 0.406 e. The second-order valence-electron chi connectivity index (χ2n) is 5.23. The average Bonchev–Trinajstić information content (AvgIpc) is 2.65. The van der Waals surface area contributed by atoms with Crippen molar-refractivity contribution in [1.82, 2.24) is 4.98 Å². The molecular formula is C16H10ClF4N3O. The number of pyridine rings is 1. The third kappa shape index (κ3) is 3.63. The Labute approximate surface area is 144 Å². The van der Waals surface area contributed by atoms with Gasteiger partial charge in [0.05, 0.1) is 17.1 Å². The normalized spacial score (nSPS) is 17.8. The van der Waals surface area contributed by atoms with Crippen LogP contribution in [0.3, 0.4) is 0 Å². The Morgan fingerprint density at radius 3 is 2.60 bits per heavy atom. The predicted molar refractivity (Wildman–Crippen MR) is 84.6 cm³/mol. The van der Waals surface area contributed by atoms with Crippen LogP contribution in [0.5, 0.6) is 0 Å². The standard InChI is InChI=1S/C16H10ClF4N3O/c17-9-4-5-12-10(7-9)13(11-3-1-2-6-22-11)23-14(18)15(25)24(12)8-16(19,20)21/h1-7,14H,8H2. The van der Waals surface area contributed by atoms with Gasteiger partial charge in [0.25, 0.3) is 12.2 Å². The van der Waals surface area contributed by atoms with Gasteiger partial charge >= 0.3 is 6.18 Å². The van der Waals surface area contributed by atoms with Crippen LogP contribution < -0.4 is 4.90 Å². The van der Waals surface area contributed by atoms with Crippen molar-refractivity contribution in [3.05, 3.63) is 58.9 Å². The summed E-state index contributed by atoms with van der Waals surface area (Å²) in [5, 5.41) is 0.207. The fourth-order valence-electron chi connectivity index (χ4n) is 2.47. The van der Waals surface area contributed by atoms with E-state index in [2.05, 4.69) is 9.98 Å². The number of amides is 1. The van der Waals surface area contributed by atoms with Gasteiger partial charge in [-0.15, -0.1) is 0 Å². The number of hydrogen-bond acceptors (Lipinski definition) is 3. The van der Waals surface area contributed by atoms with Gasteiger partial charge in [-0.2, -0.15) is 13.2 Å². The highest BCUT2D eigenvalue weighted by Gasteiger charge is 2.39. The van der Waals surface area contributed by atoms with Crippen LogP contribution in [0.2, 0.25) is 5.02 Å². The number of alkyl halides is 4. The number of benzodiazepines with no additional fused rings is 1. The van der Waals surface area contributed by atoms with Crippen molar-refractivity contribution in [1.29, 1.82) is 0 Å². The summed E-state index contributed by atoms with van der Waals surface area (Å²) >= 11 is 5.94. The lowest BCUT2D eigenvalue weighted by molar-refractivity contribution is -0.135. The number of aromatic nitrogens is 1. The Balaban J connectivity index is 2.22. The summed E-state index contributed by atoms with van der Waals surface area (Å²) in [6, 6.07) is 8.64. The van der Waals surface area contributed by atoms with E-state index in [9.17, 15) is 22.4 Å². The molecule has 0 bridgehead atoms. The van der Waals surface area contributed by atoms with Gasteiger partial charge < -0.3 is 0 Å². The number of carbonyl (C=O) groups excluding carboxylic acids is 1. The van der Waals surface area contributed by atoms with Gasteiger partial charge in [0.15, 0.2) is 0 Å². The Morgan fingerprint density at radius 1 is 1.20 bits per heavy atom. The van der Waals surface area contributed by atoms with Crippen molar-refractivity contribution in [2.45, 2.75) is 12.5 Å².